The number of benzene rings is 2. The number of hydrogen-bond donors (Lipinski definition) is 0. The first-order valence-corrected chi connectivity index (χ1v) is 7.04. The van der Waals surface area contributed by atoms with Gasteiger partial charge in [-0.1, -0.05) is 18.2 Å². The minimum atomic E-state index is -0.451. The van der Waals surface area contributed by atoms with Crippen LogP contribution in [-0.2, 0) is 6.42 Å². The Morgan fingerprint density at radius 1 is 1.14 bits per heavy atom. The van der Waals surface area contributed by atoms with Gasteiger partial charge in [0.25, 0.3) is 0 Å². The molecule has 0 radical (unpaired) electrons. The Hall–Kier alpha value is -1.88. The summed E-state index contributed by atoms with van der Waals surface area (Å²) >= 11 is 3.10. The van der Waals surface area contributed by atoms with Crippen molar-refractivity contribution in [3.05, 3.63) is 57.8 Å². The molecule has 0 spiro atoms. The molecule has 2 aromatic rings. The summed E-state index contributed by atoms with van der Waals surface area (Å²) in [5.41, 5.74) is 1.10. The molecule has 0 aliphatic rings. The van der Waals surface area contributed by atoms with Crippen molar-refractivity contribution in [2.45, 2.75) is 6.42 Å². The van der Waals surface area contributed by atoms with Crippen LogP contribution in [0.2, 0.25) is 0 Å². The zero-order chi connectivity index (χ0) is 15.4. The van der Waals surface area contributed by atoms with Gasteiger partial charge in [-0.05, 0) is 39.7 Å². The molecule has 0 aliphatic carbocycles. The van der Waals surface area contributed by atoms with Crippen LogP contribution in [0.15, 0.2) is 40.9 Å². The number of ether oxygens (including phenoxy) is 2. The minimum absolute atomic E-state index is 0.155. The predicted octanol–water partition coefficient (Wildman–Crippen LogP) is 4.03. The lowest BCUT2D eigenvalue weighted by Gasteiger charge is -2.10. The number of ketones is 1. The van der Waals surface area contributed by atoms with Gasteiger partial charge in [0.05, 0.1) is 18.7 Å². The lowest BCUT2D eigenvalue weighted by molar-refractivity contribution is 0.0991. The zero-order valence-corrected chi connectivity index (χ0v) is 13.2. The lowest BCUT2D eigenvalue weighted by Crippen LogP contribution is -2.05. The van der Waals surface area contributed by atoms with Crippen LogP contribution in [0.4, 0.5) is 4.39 Å². The molecule has 5 heteroatoms. The Morgan fingerprint density at radius 3 is 2.52 bits per heavy atom. The molecule has 0 aromatic heterocycles. The molecule has 0 amide bonds. The molecule has 0 saturated carbocycles. The summed E-state index contributed by atoms with van der Waals surface area (Å²) in [6, 6.07) is 9.67. The summed E-state index contributed by atoms with van der Waals surface area (Å²) in [6.07, 6.45) is 0.155. The van der Waals surface area contributed by atoms with Crippen LogP contribution >= 0.6 is 15.9 Å². The van der Waals surface area contributed by atoms with Gasteiger partial charge in [0.2, 0.25) is 0 Å². The summed E-state index contributed by atoms with van der Waals surface area (Å²) in [7, 11) is 3.08. The van der Waals surface area contributed by atoms with Crippen molar-refractivity contribution in [2.24, 2.45) is 0 Å². The molecule has 0 unspecified atom stereocenters. The van der Waals surface area contributed by atoms with Crippen LogP contribution in [0.25, 0.3) is 0 Å². The molecule has 0 saturated heterocycles. The van der Waals surface area contributed by atoms with Crippen molar-refractivity contribution in [3.63, 3.8) is 0 Å². The molecular weight excluding hydrogens is 339 g/mol. The predicted molar refractivity (Wildman–Crippen MR) is 81.7 cm³/mol. The zero-order valence-electron chi connectivity index (χ0n) is 11.7. The lowest BCUT2D eigenvalue weighted by atomic mass is 10.0. The second-order valence-corrected chi connectivity index (χ2v) is 5.18. The maximum absolute atomic E-state index is 13.5. The van der Waals surface area contributed by atoms with E-state index in [0.717, 1.165) is 5.56 Å². The fourth-order valence-electron chi connectivity index (χ4n) is 1.99. The van der Waals surface area contributed by atoms with Gasteiger partial charge in [-0.2, -0.15) is 0 Å². The molecular formula is C16H14BrFO3. The number of hydrogen-bond acceptors (Lipinski definition) is 3. The molecule has 0 heterocycles. The van der Waals surface area contributed by atoms with E-state index in [1.807, 2.05) is 0 Å². The van der Waals surface area contributed by atoms with E-state index in [2.05, 4.69) is 15.9 Å². The Labute approximate surface area is 130 Å². The van der Waals surface area contributed by atoms with Crippen molar-refractivity contribution >= 4 is 21.7 Å². The van der Waals surface area contributed by atoms with Crippen molar-refractivity contribution < 1.29 is 18.7 Å². The standard InChI is InChI=1S/C16H14BrFO3/c1-20-14-7-6-10(9-15(14)21-2)8-13(19)11-4-3-5-12(18)16(11)17/h3-7,9H,8H2,1-2H3. The first-order chi connectivity index (χ1) is 10.1. The monoisotopic (exact) mass is 352 g/mol. The quantitative estimate of drug-likeness (QED) is 0.762. The molecule has 0 N–H and O–H groups in total. The molecule has 2 aromatic carbocycles. The number of carbonyl (C=O) groups is 1. The molecule has 0 atom stereocenters. The maximum Gasteiger partial charge on any atom is 0.168 e. The SMILES string of the molecule is COc1ccc(CC(=O)c2cccc(F)c2Br)cc1OC. The first kappa shape index (κ1) is 15.5. The largest absolute Gasteiger partial charge is 0.493 e. The van der Waals surface area contributed by atoms with Crippen LogP contribution in [0, 0.1) is 5.82 Å². The Balaban J connectivity index is 2.25. The molecule has 2 rings (SSSR count). The van der Waals surface area contributed by atoms with Gasteiger partial charge in [-0.3, -0.25) is 4.79 Å². The molecule has 21 heavy (non-hydrogen) atoms. The van der Waals surface area contributed by atoms with Gasteiger partial charge in [0.1, 0.15) is 5.82 Å². The molecule has 0 fully saturated rings. The third kappa shape index (κ3) is 3.42. The number of Topliss-reactive ketones (excluding diaryl/α,β-unsaturated/α-hetero) is 1. The van der Waals surface area contributed by atoms with Crippen LogP contribution in [0.1, 0.15) is 15.9 Å². The van der Waals surface area contributed by atoms with Gasteiger partial charge in [0, 0.05) is 12.0 Å². The van der Waals surface area contributed by atoms with Crippen LogP contribution in [-0.4, -0.2) is 20.0 Å². The van der Waals surface area contributed by atoms with Crippen molar-refractivity contribution in [1.29, 1.82) is 0 Å². The highest BCUT2D eigenvalue weighted by molar-refractivity contribution is 9.10. The Morgan fingerprint density at radius 2 is 1.86 bits per heavy atom. The summed E-state index contributed by atoms with van der Waals surface area (Å²) in [5, 5.41) is 0. The normalized spacial score (nSPS) is 10.3. The average Bonchev–Trinajstić information content (AvgIpc) is 2.49. The van der Waals surface area contributed by atoms with E-state index in [4.69, 9.17) is 9.47 Å². The van der Waals surface area contributed by atoms with Crippen LogP contribution < -0.4 is 9.47 Å². The van der Waals surface area contributed by atoms with Gasteiger partial charge >= 0.3 is 0 Å². The third-order valence-electron chi connectivity index (χ3n) is 3.06. The van der Waals surface area contributed by atoms with Crippen LogP contribution in [0.3, 0.4) is 0 Å². The summed E-state index contributed by atoms with van der Waals surface area (Å²) in [4.78, 5) is 12.3. The number of halogens is 2. The number of methoxy groups -OCH3 is 2. The molecule has 0 aliphatic heterocycles. The maximum atomic E-state index is 13.5. The summed E-state index contributed by atoms with van der Waals surface area (Å²) < 4.78 is 24.0. The minimum Gasteiger partial charge on any atom is -0.493 e. The molecule has 0 bridgehead atoms. The smallest absolute Gasteiger partial charge is 0.168 e. The molecule has 3 nitrogen and oxygen atoms in total. The van der Waals surface area contributed by atoms with E-state index < -0.39 is 5.82 Å². The number of carbonyl (C=O) groups excluding carboxylic acids is 1. The fourth-order valence-corrected chi connectivity index (χ4v) is 2.48. The van der Waals surface area contributed by atoms with Gasteiger partial charge in [-0.15, -0.1) is 0 Å². The highest BCUT2D eigenvalue weighted by Crippen LogP contribution is 2.28. The van der Waals surface area contributed by atoms with Gasteiger partial charge in [-0.25, -0.2) is 4.39 Å². The Bertz CT molecular complexity index is 671. The first-order valence-electron chi connectivity index (χ1n) is 6.25. The van der Waals surface area contributed by atoms with E-state index in [1.54, 1.807) is 31.4 Å². The van der Waals surface area contributed by atoms with Crippen molar-refractivity contribution in [3.8, 4) is 11.5 Å². The molecule has 110 valence electrons. The number of rotatable bonds is 5. The summed E-state index contributed by atoms with van der Waals surface area (Å²) in [5.74, 6) is 0.531. The van der Waals surface area contributed by atoms with Crippen molar-refractivity contribution in [1.82, 2.24) is 0 Å². The summed E-state index contributed by atoms with van der Waals surface area (Å²) in [6.45, 7) is 0. The second kappa shape index (κ2) is 6.72. The third-order valence-corrected chi connectivity index (χ3v) is 3.87. The second-order valence-electron chi connectivity index (χ2n) is 4.39. The van der Waals surface area contributed by atoms with E-state index >= 15 is 0 Å². The van der Waals surface area contributed by atoms with Crippen LogP contribution in [0.5, 0.6) is 11.5 Å². The fraction of sp³-hybridized carbons (Fsp3) is 0.188. The Kier molecular flexibility index (Phi) is 4.96. The van der Waals surface area contributed by atoms with Gasteiger partial charge in [0.15, 0.2) is 17.3 Å². The van der Waals surface area contributed by atoms with Crippen molar-refractivity contribution in [2.75, 3.05) is 14.2 Å². The van der Waals surface area contributed by atoms with E-state index in [0.29, 0.717) is 17.1 Å². The van der Waals surface area contributed by atoms with E-state index in [9.17, 15) is 9.18 Å². The topological polar surface area (TPSA) is 35.5 Å². The van der Waals surface area contributed by atoms with Gasteiger partial charge < -0.3 is 9.47 Å². The highest BCUT2D eigenvalue weighted by atomic mass is 79.9. The van der Waals surface area contributed by atoms with E-state index in [-0.39, 0.29) is 16.7 Å². The van der Waals surface area contributed by atoms with E-state index in [1.165, 1.54) is 19.2 Å². The highest BCUT2D eigenvalue weighted by Gasteiger charge is 2.14. The average molecular weight is 353 g/mol.